The van der Waals surface area contributed by atoms with Crippen LogP contribution in [0.15, 0.2) is 61.2 Å². The van der Waals surface area contributed by atoms with Crippen LogP contribution in [-0.2, 0) is 13.2 Å². The number of rotatable bonds is 8. The van der Waals surface area contributed by atoms with E-state index >= 15 is 0 Å². The number of hydrogen-bond donors (Lipinski definition) is 1. The molecule has 3 nitrogen and oxygen atoms in total. The normalized spacial score (nSPS) is 9.68. The molecule has 0 aliphatic carbocycles. The van der Waals surface area contributed by atoms with Gasteiger partial charge in [0.2, 0.25) is 0 Å². The van der Waals surface area contributed by atoms with E-state index in [1.165, 1.54) is 0 Å². The molecule has 0 heterocycles. The third-order valence-corrected chi connectivity index (χ3v) is 3.11. The summed E-state index contributed by atoms with van der Waals surface area (Å²) in [6.45, 7) is 5.70. The first-order valence-electron chi connectivity index (χ1n) is 6.99. The summed E-state index contributed by atoms with van der Waals surface area (Å²) in [5.74, 6) is 1.55. The Morgan fingerprint density at radius 1 is 1.09 bits per heavy atom. The van der Waals surface area contributed by atoms with Gasteiger partial charge in [0.15, 0.2) is 11.5 Å². The van der Waals surface area contributed by atoms with E-state index < -0.39 is 0 Å². The molecule has 22 heavy (non-hydrogen) atoms. The molecular weight excluding hydrogens is 298 g/mol. The van der Waals surface area contributed by atoms with Crippen LogP contribution >= 0.6 is 12.4 Å². The summed E-state index contributed by atoms with van der Waals surface area (Å²) in [7, 11) is 1.66. The minimum Gasteiger partial charge on any atom is -0.493 e. The van der Waals surface area contributed by atoms with Crippen molar-refractivity contribution in [3.8, 4) is 11.5 Å². The van der Waals surface area contributed by atoms with Crippen LogP contribution in [0.4, 0.5) is 0 Å². The lowest BCUT2D eigenvalue weighted by molar-refractivity contribution is 0.281. The molecular formula is C18H22ClNO2. The number of para-hydroxylation sites is 1. The molecule has 118 valence electrons. The third-order valence-electron chi connectivity index (χ3n) is 3.11. The van der Waals surface area contributed by atoms with Crippen LogP contribution in [0.5, 0.6) is 11.5 Å². The molecule has 0 fully saturated rings. The molecule has 0 spiro atoms. The van der Waals surface area contributed by atoms with Gasteiger partial charge in [-0.3, -0.25) is 0 Å². The maximum absolute atomic E-state index is 5.99. The molecule has 0 saturated heterocycles. The van der Waals surface area contributed by atoms with Crippen molar-refractivity contribution in [1.29, 1.82) is 0 Å². The number of benzene rings is 2. The number of hydrogen-bond acceptors (Lipinski definition) is 3. The zero-order chi connectivity index (χ0) is 14.9. The van der Waals surface area contributed by atoms with E-state index in [0.29, 0.717) is 13.2 Å². The zero-order valence-corrected chi connectivity index (χ0v) is 13.6. The van der Waals surface area contributed by atoms with Gasteiger partial charge in [0.1, 0.15) is 6.61 Å². The average molecular weight is 320 g/mol. The second kappa shape index (κ2) is 9.87. The summed E-state index contributed by atoms with van der Waals surface area (Å²) in [6.07, 6.45) is 1.84. The molecule has 2 aromatic carbocycles. The highest BCUT2D eigenvalue weighted by Crippen LogP contribution is 2.31. The fraction of sp³-hybridized carbons (Fsp3) is 0.222. The van der Waals surface area contributed by atoms with Gasteiger partial charge in [-0.1, -0.05) is 48.5 Å². The van der Waals surface area contributed by atoms with E-state index in [1.54, 1.807) is 7.11 Å². The Balaban J connectivity index is 0.00000242. The highest BCUT2D eigenvalue weighted by molar-refractivity contribution is 5.85. The van der Waals surface area contributed by atoms with Crippen LogP contribution in [0.3, 0.4) is 0 Å². The first kappa shape index (κ1) is 18.1. The molecule has 1 N–H and O–H groups in total. The van der Waals surface area contributed by atoms with Crippen LogP contribution in [-0.4, -0.2) is 13.7 Å². The summed E-state index contributed by atoms with van der Waals surface area (Å²) < 4.78 is 11.4. The topological polar surface area (TPSA) is 30.5 Å². The summed E-state index contributed by atoms with van der Waals surface area (Å²) in [4.78, 5) is 0. The van der Waals surface area contributed by atoms with Gasteiger partial charge in [-0.2, -0.15) is 0 Å². The van der Waals surface area contributed by atoms with Gasteiger partial charge in [0.05, 0.1) is 7.11 Å². The third kappa shape index (κ3) is 5.10. The molecule has 2 rings (SSSR count). The van der Waals surface area contributed by atoms with Gasteiger partial charge in [-0.25, -0.2) is 0 Å². The molecule has 0 atom stereocenters. The molecule has 0 unspecified atom stereocenters. The highest BCUT2D eigenvalue weighted by Gasteiger charge is 2.10. The second-order valence-electron chi connectivity index (χ2n) is 4.64. The minimum atomic E-state index is 0. The van der Waals surface area contributed by atoms with Crippen molar-refractivity contribution >= 4 is 12.4 Å². The van der Waals surface area contributed by atoms with Gasteiger partial charge < -0.3 is 14.8 Å². The number of methoxy groups -OCH3 is 1. The quantitative estimate of drug-likeness (QED) is 0.590. The summed E-state index contributed by atoms with van der Waals surface area (Å²) in [6, 6.07) is 16.0. The van der Waals surface area contributed by atoms with Crippen molar-refractivity contribution in [3.05, 3.63) is 72.3 Å². The van der Waals surface area contributed by atoms with Crippen molar-refractivity contribution < 1.29 is 9.47 Å². The van der Waals surface area contributed by atoms with E-state index in [4.69, 9.17) is 9.47 Å². The van der Waals surface area contributed by atoms with E-state index in [2.05, 4.69) is 11.9 Å². The molecule has 0 aromatic heterocycles. The van der Waals surface area contributed by atoms with Crippen LogP contribution in [0.2, 0.25) is 0 Å². The lowest BCUT2D eigenvalue weighted by Gasteiger charge is -2.15. The molecule has 0 aliphatic rings. The SMILES string of the molecule is C=CCNCc1cccc(OC)c1OCc1ccccc1.Cl. The smallest absolute Gasteiger partial charge is 0.166 e. The molecule has 0 bridgehead atoms. The lowest BCUT2D eigenvalue weighted by Crippen LogP contribution is -2.14. The lowest BCUT2D eigenvalue weighted by atomic mass is 10.1. The average Bonchev–Trinajstić information content (AvgIpc) is 2.54. The zero-order valence-electron chi connectivity index (χ0n) is 12.7. The van der Waals surface area contributed by atoms with Gasteiger partial charge >= 0.3 is 0 Å². The largest absolute Gasteiger partial charge is 0.493 e. The summed E-state index contributed by atoms with van der Waals surface area (Å²) in [5.41, 5.74) is 2.21. The fourth-order valence-electron chi connectivity index (χ4n) is 2.06. The molecule has 2 aromatic rings. The highest BCUT2D eigenvalue weighted by atomic mass is 35.5. The second-order valence-corrected chi connectivity index (χ2v) is 4.64. The van der Waals surface area contributed by atoms with E-state index in [0.717, 1.165) is 29.2 Å². The Morgan fingerprint density at radius 3 is 2.55 bits per heavy atom. The minimum absolute atomic E-state index is 0. The number of ether oxygens (including phenoxy) is 2. The Morgan fingerprint density at radius 2 is 1.86 bits per heavy atom. The van der Waals surface area contributed by atoms with Gasteiger partial charge in [0, 0.05) is 18.7 Å². The predicted octanol–water partition coefficient (Wildman–Crippen LogP) is 3.97. The van der Waals surface area contributed by atoms with E-state index in [-0.39, 0.29) is 12.4 Å². The van der Waals surface area contributed by atoms with E-state index in [1.807, 2.05) is 54.6 Å². The van der Waals surface area contributed by atoms with Gasteiger partial charge in [-0.15, -0.1) is 19.0 Å². The Labute approximate surface area is 138 Å². The maximum atomic E-state index is 5.99. The van der Waals surface area contributed by atoms with Crippen LogP contribution in [0, 0.1) is 0 Å². The molecule has 4 heteroatoms. The number of halogens is 1. The monoisotopic (exact) mass is 319 g/mol. The standard InChI is InChI=1S/C18H21NO2.ClH/c1-3-12-19-13-16-10-7-11-17(20-2)18(16)21-14-15-8-5-4-6-9-15;/h3-11,19H,1,12-14H2,2H3;1H. The maximum Gasteiger partial charge on any atom is 0.166 e. The fourth-order valence-corrected chi connectivity index (χ4v) is 2.06. The van der Waals surface area contributed by atoms with Crippen LogP contribution in [0.1, 0.15) is 11.1 Å². The Bertz CT molecular complexity index is 573. The van der Waals surface area contributed by atoms with Crippen molar-refractivity contribution in [1.82, 2.24) is 5.32 Å². The molecule has 0 saturated carbocycles. The van der Waals surface area contributed by atoms with Crippen LogP contribution < -0.4 is 14.8 Å². The first-order valence-corrected chi connectivity index (χ1v) is 6.99. The van der Waals surface area contributed by atoms with Crippen molar-refractivity contribution in [2.45, 2.75) is 13.2 Å². The Hall–Kier alpha value is -1.97. The van der Waals surface area contributed by atoms with Crippen molar-refractivity contribution in [2.24, 2.45) is 0 Å². The Kier molecular flexibility index (Phi) is 8.11. The first-order chi connectivity index (χ1) is 10.3. The predicted molar refractivity (Wildman–Crippen MR) is 92.9 cm³/mol. The molecule has 0 amide bonds. The summed E-state index contributed by atoms with van der Waals surface area (Å²) in [5, 5.41) is 3.29. The van der Waals surface area contributed by atoms with Crippen molar-refractivity contribution in [2.75, 3.05) is 13.7 Å². The van der Waals surface area contributed by atoms with Crippen LogP contribution in [0.25, 0.3) is 0 Å². The van der Waals surface area contributed by atoms with E-state index in [9.17, 15) is 0 Å². The van der Waals surface area contributed by atoms with Crippen molar-refractivity contribution in [3.63, 3.8) is 0 Å². The summed E-state index contributed by atoms with van der Waals surface area (Å²) >= 11 is 0. The molecule has 0 radical (unpaired) electrons. The number of nitrogens with one attached hydrogen (secondary N) is 1. The van der Waals surface area contributed by atoms with Gasteiger partial charge in [-0.05, 0) is 11.6 Å². The van der Waals surface area contributed by atoms with Gasteiger partial charge in [0.25, 0.3) is 0 Å². The molecule has 0 aliphatic heterocycles.